The van der Waals surface area contributed by atoms with Crippen LogP contribution in [-0.2, 0) is 0 Å². The Morgan fingerprint density at radius 3 is 2.81 bits per heavy atom. The van der Waals surface area contributed by atoms with E-state index in [-0.39, 0.29) is 11.6 Å². The largest absolute Gasteiger partial charge is 0.349 e. The van der Waals surface area contributed by atoms with Gasteiger partial charge >= 0.3 is 0 Å². The van der Waals surface area contributed by atoms with E-state index in [1.54, 1.807) is 13.0 Å². The minimum absolute atomic E-state index is 0.0503. The van der Waals surface area contributed by atoms with Gasteiger partial charge in [-0.1, -0.05) is 6.07 Å². The summed E-state index contributed by atoms with van der Waals surface area (Å²) in [5.74, 6) is -0.414. The Labute approximate surface area is 99.8 Å². The van der Waals surface area contributed by atoms with E-state index in [4.69, 9.17) is 11.6 Å². The van der Waals surface area contributed by atoms with Crippen LogP contribution in [0.2, 0.25) is 0 Å². The lowest BCUT2D eigenvalue weighted by atomic mass is 10.1. The highest BCUT2D eigenvalue weighted by molar-refractivity contribution is 6.17. The second kappa shape index (κ2) is 5.85. The maximum Gasteiger partial charge on any atom is 0.254 e. The average molecular weight is 244 g/mol. The summed E-state index contributed by atoms with van der Waals surface area (Å²) in [7, 11) is 0. The Bertz CT molecular complexity index is 381. The van der Waals surface area contributed by atoms with Crippen molar-refractivity contribution in [2.45, 2.75) is 26.3 Å². The molecule has 0 aromatic heterocycles. The topological polar surface area (TPSA) is 29.1 Å². The Hall–Kier alpha value is -1.09. The maximum absolute atomic E-state index is 13.5. The number of hydrogen-bond acceptors (Lipinski definition) is 1. The van der Waals surface area contributed by atoms with Crippen molar-refractivity contribution in [3.8, 4) is 0 Å². The molecule has 0 aliphatic rings. The molecule has 0 saturated carbocycles. The quantitative estimate of drug-likeness (QED) is 0.810. The van der Waals surface area contributed by atoms with Crippen molar-refractivity contribution >= 4 is 17.5 Å². The highest BCUT2D eigenvalue weighted by Crippen LogP contribution is 2.10. The minimum Gasteiger partial charge on any atom is -0.349 e. The van der Waals surface area contributed by atoms with Crippen LogP contribution in [0.4, 0.5) is 4.39 Å². The first-order valence-electron chi connectivity index (χ1n) is 5.17. The lowest BCUT2D eigenvalue weighted by Crippen LogP contribution is -2.33. The molecule has 1 aromatic carbocycles. The van der Waals surface area contributed by atoms with Gasteiger partial charge in [0.2, 0.25) is 0 Å². The number of amides is 1. The first-order valence-corrected chi connectivity index (χ1v) is 5.71. The SMILES string of the molecule is Cc1ccc(C(=O)NC(C)CCCl)c(F)c1. The average Bonchev–Trinajstić information content (AvgIpc) is 2.17. The third-order valence-corrected chi connectivity index (χ3v) is 2.51. The molecule has 0 radical (unpaired) electrons. The van der Waals surface area contributed by atoms with Crippen molar-refractivity contribution in [2.75, 3.05) is 5.88 Å². The lowest BCUT2D eigenvalue weighted by molar-refractivity contribution is 0.0935. The van der Waals surface area contributed by atoms with Crippen LogP contribution in [0.3, 0.4) is 0 Å². The number of aryl methyl sites for hydroxylation is 1. The van der Waals surface area contributed by atoms with E-state index >= 15 is 0 Å². The summed E-state index contributed by atoms with van der Waals surface area (Å²) in [4.78, 5) is 11.7. The molecule has 0 aliphatic carbocycles. The van der Waals surface area contributed by atoms with Crippen LogP contribution in [0.15, 0.2) is 18.2 Å². The van der Waals surface area contributed by atoms with E-state index in [1.165, 1.54) is 12.1 Å². The minimum atomic E-state index is -0.490. The molecule has 0 spiro atoms. The van der Waals surface area contributed by atoms with Crippen LogP contribution in [0.25, 0.3) is 0 Å². The van der Waals surface area contributed by atoms with E-state index in [9.17, 15) is 9.18 Å². The van der Waals surface area contributed by atoms with Crippen molar-refractivity contribution in [1.82, 2.24) is 5.32 Å². The van der Waals surface area contributed by atoms with Crippen molar-refractivity contribution < 1.29 is 9.18 Å². The molecule has 0 fully saturated rings. The van der Waals surface area contributed by atoms with Crippen molar-refractivity contribution in [3.05, 3.63) is 35.1 Å². The second-order valence-corrected chi connectivity index (χ2v) is 4.21. The molecule has 0 heterocycles. The van der Waals surface area contributed by atoms with Crippen molar-refractivity contribution in [2.24, 2.45) is 0 Å². The first kappa shape index (κ1) is 13.0. The highest BCUT2D eigenvalue weighted by Gasteiger charge is 2.13. The van der Waals surface area contributed by atoms with Gasteiger partial charge in [0.25, 0.3) is 5.91 Å². The van der Waals surface area contributed by atoms with Crippen LogP contribution >= 0.6 is 11.6 Å². The number of carbonyl (C=O) groups is 1. The fourth-order valence-electron chi connectivity index (χ4n) is 1.34. The van der Waals surface area contributed by atoms with Gasteiger partial charge in [-0.3, -0.25) is 4.79 Å². The smallest absolute Gasteiger partial charge is 0.254 e. The molecule has 0 bridgehead atoms. The van der Waals surface area contributed by atoms with Crippen LogP contribution in [0.1, 0.15) is 29.3 Å². The number of hydrogen-bond donors (Lipinski definition) is 1. The Morgan fingerprint density at radius 1 is 1.56 bits per heavy atom. The van der Waals surface area contributed by atoms with Gasteiger partial charge in [0.1, 0.15) is 5.82 Å². The summed E-state index contributed by atoms with van der Waals surface area (Å²) in [5, 5.41) is 2.69. The normalized spacial score (nSPS) is 12.2. The number of carbonyl (C=O) groups excluding carboxylic acids is 1. The van der Waals surface area contributed by atoms with Gasteiger partial charge in [-0.15, -0.1) is 11.6 Å². The monoisotopic (exact) mass is 243 g/mol. The standard InChI is InChI=1S/C12H15ClFNO/c1-8-3-4-10(11(14)7-8)12(16)15-9(2)5-6-13/h3-4,7,9H,5-6H2,1-2H3,(H,15,16). The molecular formula is C12H15ClFNO. The third-order valence-electron chi connectivity index (χ3n) is 2.29. The number of alkyl halides is 1. The van der Waals surface area contributed by atoms with Gasteiger partial charge in [-0.05, 0) is 38.0 Å². The number of halogens is 2. The van der Waals surface area contributed by atoms with Crippen molar-refractivity contribution in [3.63, 3.8) is 0 Å². The van der Waals surface area contributed by atoms with Gasteiger partial charge < -0.3 is 5.32 Å². The summed E-state index contributed by atoms with van der Waals surface area (Å²) >= 11 is 5.55. The van der Waals surface area contributed by atoms with Crippen molar-refractivity contribution in [1.29, 1.82) is 0 Å². The fraction of sp³-hybridized carbons (Fsp3) is 0.417. The molecule has 1 amide bonds. The molecule has 1 aromatic rings. The molecule has 0 saturated heterocycles. The summed E-state index contributed by atoms with van der Waals surface area (Å²) < 4.78 is 13.5. The Morgan fingerprint density at radius 2 is 2.25 bits per heavy atom. The maximum atomic E-state index is 13.5. The summed E-state index contributed by atoms with van der Waals surface area (Å²) in [6.45, 7) is 3.62. The van der Waals surface area contributed by atoms with Gasteiger partial charge in [-0.25, -0.2) is 4.39 Å². The molecule has 1 rings (SSSR count). The fourth-order valence-corrected chi connectivity index (χ4v) is 1.67. The second-order valence-electron chi connectivity index (χ2n) is 3.84. The highest BCUT2D eigenvalue weighted by atomic mass is 35.5. The predicted molar refractivity (Wildman–Crippen MR) is 63.4 cm³/mol. The molecule has 16 heavy (non-hydrogen) atoms. The molecule has 1 atom stereocenters. The number of nitrogens with one attached hydrogen (secondary N) is 1. The molecule has 1 N–H and O–H groups in total. The first-order chi connectivity index (χ1) is 7.54. The van der Waals surface area contributed by atoms with E-state index in [1.807, 2.05) is 6.92 Å². The number of benzene rings is 1. The molecule has 4 heteroatoms. The van der Waals surface area contributed by atoms with Gasteiger partial charge in [-0.2, -0.15) is 0 Å². The molecular weight excluding hydrogens is 229 g/mol. The molecule has 88 valence electrons. The lowest BCUT2D eigenvalue weighted by Gasteiger charge is -2.12. The van der Waals surface area contributed by atoms with Gasteiger partial charge in [0, 0.05) is 11.9 Å². The summed E-state index contributed by atoms with van der Waals surface area (Å²) in [6, 6.07) is 4.50. The van der Waals surface area contributed by atoms with E-state index in [0.717, 1.165) is 5.56 Å². The zero-order valence-corrected chi connectivity index (χ0v) is 10.1. The summed E-state index contributed by atoms with van der Waals surface area (Å²) in [6.07, 6.45) is 0.667. The van der Waals surface area contributed by atoms with Gasteiger partial charge in [0.05, 0.1) is 5.56 Å². The zero-order chi connectivity index (χ0) is 12.1. The Balaban J connectivity index is 2.73. The van der Waals surface area contributed by atoms with E-state index in [2.05, 4.69) is 5.32 Å². The van der Waals surface area contributed by atoms with E-state index < -0.39 is 11.7 Å². The van der Waals surface area contributed by atoms with Crippen LogP contribution in [-0.4, -0.2) is 17.8 Å². The molecule has 0 aliphatic heterocycles. The van der Waals surface area contributed by atoms with Crippen LogP contribution in [0, 0.1) is 12.7 Å². The third kappa shape index (κ3) is 3.49. The number of rotatable bonds is 4. The Kier molecular flexibility index (Phi) is 4.74. The van der Waals surface area contributed by atoms with E-state index in [0.29, 0.717) is 12.3 Å². The van der Waals surface area contributed by atoms with Gasteiger partial charge in [0.15, 0.2) is 0 Å². The van der Waals surface area contributed by atoms with Crippen LogP contribution in [0.5, 0.6) is 0 Å². The summed E-state index contributed by atoms with van der Waals surface area (Å²) in [5.41, 5.74) is 0.870. The molecule has 2 nitrogen and oxygen atoms in total. The predicted octanol–water partition coefficient (Wildman–Crippen LogP) is 2.88. The zero-order valence-electron chi connectivity index (χ0n) is 9.39. The molecule has 1 unspecified atom stereocenters. The van der Waals surface area contributed by atoms with Crippen LogP contribution < -0.4 is 5.32 Å².